The molecule has 0 fully saturated rings. The van der Waals surface area contributed by atoms with Crippen molar-refractivity contribution < 1.29 is 30.9 Å². The van der Waals surface area contributed by atoms with E-state index in [2.05, 4.69) is 175 Å². The van der Waals surface area contributed by atoms with Crippen LogP contribution in [0.2, 0.25) is 0 Å². The number of aromatic nitrogens is 4. The first-order chi connectivity index (χ1) is 35.3. The number of ether oxygens (including phenoxy) is 1. The zero-order valence-corrected chi connectivity index (χ0v) is 40.4. The van der Waals surface area contributed by atoms with Gasteiger partial charge in [-0.25, -0.2) is 0 Å². The minimum atomic E-state index is -0.424. The van der Waals surface area contributed by atoms with Crippen LogP contribution >= 0.6 is 0 Å². The Morgan fingerprint density at radius 3 is 1.99 bits per heavy atom. The molecule has 6 heteroatoms. The number of aryl methyl sites for hydroxylation is 1. The Balaban J connectivity index is 0.982. The van der Waals surface area contributed by atoms with E-state index in [9.17, 15) is 0 Å². The number of pyridine rings is 1. The Morgan fingerprint density at radius 2 is 1.25 bits per heavy atom. The van der Waals surface area contributed by atoms with Crippen molar-refractivity contribution in [3.05, 3.63) is 221 Å². The summed E-state index contributed by atoms with van der Waals surface area (Å²) < 4.78 is 56.7. The molecule has 3 heterocycles. The molecule has 0 saturated heterocycles. The van der Waals surface area contributed by atoms with Gasteiger partial charge in [0.05, 0.1) is 6.85 Å². The molecule has 0 bridgehead atoms. The summed E-state index contributed by atoms with van der Waals surface area (Å²) in [6.45, 7) is 9.02. The van der Waals surface area contributed by atoms with E-state index in [1.54, 1.807) is 6.20 Å². The first-order valence-corrected chi connectivity index (χ1v) is 24.2. The fourth-order valence-electron chi connectivity index (χ4n) is 10.3. The van der Waals surface area contributed by atoms with Crippen LogP contribution in [-0.2, 0) is 32.2 Å². The Labute approximate surface area is 415 Å². The van der Waals surface area contributed by atoms with Crippen LogP contribution in [0, 0.1) is 22.1 Å². The van der Waals surface area contributed by atoms with Crippen molar-refractivity contribution in [2.24, 2.45) is 11.3 Å². The van der Waals surface area contributed by atoms with Gasteiger partial charge in [0.25, 0.3) is 0 Å². The molecule has 1 unspecified atom stereocenters. The number of nitrogens with zero attached hydrogens (tertiary/aromatic N) is 4. The second-order valence-electron chi connectivity index (χ2n) is 18.9. The van der Waals surface area contributed by atoms with Crippen LogP contribution in [0.4, 0.5) is 0 Å². The molecule has 1 atom stereocenters. The van der Waals surface area contributed by atoms with E-state index in [0.29, 0.717) is 28.8 Å². The number of hydrogen-bond donors (Lipinski definition) is 0. The second-order valence-corrected chi connectivity index (χ2v) is 19.9. The van der Waals surface area contributed by atoms with Crippen molar-refractivity contribution >= 4 is 32.8 Å². The van der Waals surface area contributed by atoms with Crippen LogP contribution in [0.3, 0.4) is 0 Å². The quantitative estimate of drug-likeness (QED) is 0.152. The Morgan fingerprint density at radius 1 is 0.588 bits per heavy atom. The maximum absolute atomic E-state index is 8.63. The van der Waals surface area contributed by atoms with Gasteiger partial charge in [0.2, 0.25) is 0 Å². The normalized spacial score (nSPS) is 14.7. The molecule has 334 valence electrons. The number of benzene rings is 8. The molecule has 0 N–H and O–H groups in total. The van der Waals surface area contributed by atoms with Crippen LogP contribution in [0.15, 0.2) is 200 Å². The van der Waals surface area contributed by atoms with E-state index in [1.807, 2.05) is 49.4 Å². The Kier molecular flexibility index (Phi) is 9.06. The molecule has 8 aromatic carbocycles. The van der Waals surface area contributed by atoms with Gasteiger partial charge in [0, 0.05) is 11.8 Å². The number of fused-ring (bicyclic) bond motifs is 5. The number of para-hydroxylation sites is 3. The molecule has 0 amide bonds. The summed E-state index contributed by atoms with van der Waals surface area (Å²) in [7, 11) is 0. The smallest absolute Gasteiger partial charge is 0.0616 e. The molecule has 0 spiro atoms. The molecule has 0 radical (unpaired) electrons. The molecule has 0 saturated carbocycles. The summed E-state index contributed by atoms with van der Waals surface area (Å²) in [4.78, 5) is 4.89. The summed E-state index contributed by atoms with van der Waals surface area (Å²) in [6.07, 6.45) is 3.67. The Hall–Kier alpha value is -7.33. The summed E-state index contributed by atoms with van der Waals surface area (Å²) >= 11 is 2.52. The van der Waals surface area contributed by atoms with Crippen LogP contribution < -0.4 is 4.74 Å². The maximum atomic E-state index is 8.63. The monoisotopic (exact) mass is 1070 g/mol. The average Bonchev–Trinajstić information content (AvgIpc) is 4.08. The Bertz CT molecular complexity index is 4070. The third-order valence-corrected chi connectivity index (χ3v) is 14.8. The summed E-state index contributed by atoms with van der Waals surface area (Å²) in [5.74, 6) is 2.47. The van der Waals surface area contributed by atoms with Gasteiger partial charge in [-0.2, -0.15) is 0 Å². The van der Waals surface area contributed by atoms with Crippen molar-refractivity contribution in [2.75, 3.05) is 0 Å². The van der Waals surface area contributed by atoms with Crippen molar-refractivity contribution in [1.29, 1.82) is 0 Å². The average molecular weight is 1070 g/mol. The predicted octanol–water partition coefficient (Wildman–Crippen LogP) is 15.9. The van der Waals surface area contributed by atoms with Crippen LogP contribution in [0.25, 0.3) is 83.4 Å². The molecular weight excluding hydrogens is 1010 g/mol. The van der Waals surface area contributed by atoms with Crippen molar-refractivity contribution in [3.63, 3.8) is 0 Å². The third-order valence-electron chi connectivity index (χ3n) is 13.8. The van der Waals surface area contributed by atoms with Crippen molar-refractivity contribution in [2.45, 2.75) is 40.5 Å². The van der Waals surface area contributed by atoms with Gasteiger partial charge in [0.15, 0.2) is 0 Å². The van der Waals surface area contributed by atoms with E-state index >= 15 is 0 Å². The van der Waals surface area contributed by atoms with E-state index in [4.69, 9.17) is 16.6 Å². The van der Waals surface area contributed by atoms with Crippen molar-refractivity contribution in [3.8, 4) is 62.1 Å². The second kappa shape index (κ2) is 16.8. The van der Waals surface area contributed by atoms with E-state index in [-0.39, 0.29) is 35.1 Å². The van der Waals surface area contributed by atoms with Gasteiger partial charge in [-0.3, -0.25) is 0 Å². The molecular formula is C62H50N4OPt. The zero-order valence-electron chi connectivity index (χ0n) is 43.2. The summed E-state index contributed by atoms with van der Waals surface area (Å²) in [5, 5.41) is 2.07. The fraction of sp³-hybridized carbons (Fsp3) is 0.129. The third kappa shape index (κ3) is 7.20. The molecule has 12 rings (SSSR count). The van der Waals surface area contributed by atoms with Crippen LogP contribution in [-0.4, -0.2) is 18.7 Å². The van der Waals surface area contributed by atoms with Gasteiger partial charge >= 0.3 is 338 Å². The minimum Gasteiger partial charge on any atom is -0.0616 e. The van der Waals surface area contributed by atoms with E-state index < -0.39 is 6.04 Å². The van der Waals surface area contributed by atoms with Gasteiger partial charge in [-0.1, -0.05) is 42.3 Å². The SMILES string of the molecule is [2H]c1c([2H])c([2H])c(-c2cnc(-n3c4ccccc4c4ccc(Oc5cccc(-n6[c](=[Pt])n(-c7c(-c8ccccc8)cc8c(c7-c7ccccc7)CC(C(C)(C)C)C8)c7ccccc76)c5)cc43)cc2C)c([2H])c1[2H]. The van der Waals surface area contributed by atoms with Crippen LogP contribution in [0.1, 0.15) is 44.3 Å². The topological polar surface area (TPSA) is 36.9 Å². The zero-order chi connectivity index (χ0) is 50.4. The molecule has 5 nitrogen and oxygen atoms in total. The standard InChI is InChI=1S/C62H50N4O.Pt/c1-41-33-59(63-39-54(41)43-21-10-6-11-22-43)66-55-28-15-14-27-50(55)51-32-31-49(38-58(51)66)67-48-26-18-25-47(37-48)64-40-65(57-30-17-16-29-56(57)64)61-53(42-19-8-5-9-20-42)35-45-34-46(62(2,3)4)36-52(45)60(61)44-23-12-7-13-24-44;/h5-33,35,37-39,46H,34,36H2,1-4H3;/i6D,10D,11D,21D,22D;. The first kappa shape index (κ1) is 36.7. The molecule has 1 aliphatic rings. The van der Waals surface area contributed by atoms with Crippen molar-refractivity contribution in [1.82, 2.24) is 18.7 Å². The van der Waals surface area contributed by atoms with Crippen LogP contribution in [0.5, 0.6) is 11.5 Å². The fourth-order valence-corrected chi connectivity index (χ4v) is 11.4. The predicted molar refractivity (Wildman–Crippen MR) is 276 cm³/mol. The summed E-state index contributed by atoms with van der Waals surface area (Å²) in [5.41, 5.74) is 15.4. The number of hydrogen-bond acceptors (Lipinski definition) is 2. The molecule has 0 aliphatic heterocycles. The van der Waals surface area contributed by atoms with E-state index in [1.165, 1.54) is 39.1 Å². The minimum absolute atomic E-state index is 0.131. The van der Waals surface area contributed by atoms with Gasteiger partial charge in [0.1, 0.15) is 0 Å². The van der Waals surface area contributed by atoms with Gasteiger partial charge in [-0.05, 0) is 18.1 Å². The number of rotatable bonds is 8. The molecule has 3 aromatic heterocycles. The molecule has 11 aromatic rings. The first-order valence-electron chi connectivity index (χ1n) is 25.6. The molecule has 68 heavy (non-hydrogen) atoms. The van der Waals surface area contributed by atoms with Gasteiger partial charge in [-0.15, -0.1) is 0 Å². The summed E-state index contributed by atoms with van der Waals surface area (Å²) in [6, 6.07) is 55.8. The van der Waals surface area contributed by atoms with E-state index in [0.717, 1.165) is 60.7 Å². The molecule has 1 aliphatic carbocycles. The van der Waals surface area contributed by atoms with Gasteiger partial charge < -0.3 is 0 Å². The number of imidazole rings is 1.